The Morgan fingerprint density at radius 1 is 1.11 bits per heavy atom. The Hall–Kier alpha value is -3.56. The Morgan fingerprint density at radius 2 is 1.79 bits per heavy atom. The van der Waals surface area contributed by atoms with Crippen molar-refractivity contribution in [2.45, 2.75) is 13.1 Å². The first-order chi connectivity index (χ1) is 13.2. The van der Waals surface area contributed by atoms with Gasteiger partial charge in [0.25, 0.3) is 5.91 Å². The fourth-order valence-corrected chi connectivity index (χ4v) is 2.41. The molecule has 0 fully saturated rings. The topological polar surface area (TPSA) is 76.9 Å². The molecular formula is C18H12F4N4O2. The molecule has 1 aromatic carbocycles. The summed E-state index contributed by atoms with van der Waals surface area (Å²) in [5, 5.41) is 5.90. The highest BCUT2D eigenvalue weighted by Crippen LogP contribution is 2.30. The number of nitrogens with zero attached hydrogens (tertiary/aromatic N) is 3. The summed E-state index contributed by atoms with van der Waals surface area (Å²) in [7, 11) is 0. The highest BCUT2D eigenvalue weighted by Gasteiger charge is 2.35. The van der Waals surface area contributed by atoms with Crippen molar-refractivity contribution < 1.29 is 27.2 Å². The van der Waals surface area contributed by atoms with Gasteiger partial charge < -0.3 is 5.32 Å². The van der Waals surface area contributed by atoms with Gasteiger partial charge in [0.15, 0.2) is 11.5 Å². The SMILES string of the molecule is CC(=O)c1cc(C(F)(F)F)nn1-c1ccc(NC(=O)c2cccnc2F)cc1. The summed E-state index contributed by atoms with van der Waals surface area (Å²) >= 11 is 0. The van der Waals surface area contributed by atoms with Gasteiger partial charge in [-0.1, -0.05) is 0 Å². The monoisotopic (exact) mass is 392 g/mol. The van der Waals surface area contributed by atoms with Crippen LogP contribution < -0.4 is 5.32 Å². The van der Waals surface area contributed by atoms with Crippen LogP contribution in [-0.2, 0) is 6.18 Å². The lowest BCUT2D eigenvalue weighted by atomic mass is 10.2. The first kappa shape index (κ1) is 19.2. The Balaban J connectivity index is 1.87. The first-order valence-electron chi connectivity index (χ1n) is 7.87. The third-order valence-corrected chi connectivity index (χ3v) is 3.73. The standard InChI is InChI=1S/C18H12F4N4O2/c1-10(27)14-9-15(18(20,21)22)25-26(14)12-6-4-11(5-7-12)24-17(28)13-3-2-8-23-16(13)19/h2-9H,1H3,(H,24,28). The van der Waals surface area contributed by atoms with Crippen molar-refractivity contribution in [3.8, 4) is 5.69 Å². The van der Waals surface area contributed by atoms with Gasteiger partial charge in [-0.05, 0) is 36.4 Å². The fraction of sp³-hybridized carbons (Fsp3) is 0.111. The number of halogens is 4. The van der Waals surface area contributed by atoms with Crippen LogP contribution in [0.15, 0.2) is 48.7 Å². The van der Waals surface area contributed by atoms with E-state index in [1.165, 1.54) is 42.6 Å². The van der Waals surface area contributed by atoms with E-state index in [0.29, 0.717) is 6.07 Å². The number of alkyl halides is 3. The molecule has 0 radical (unpaired) electrons. The zero-order valence-corrected chi connectivity index (χ0v) is 14.3. The highest BCUT2D eigenvalue weighted by atomic mass is 19.4. The van der Waals surface area contributed by atoms with E-state index in [1.807, 2.05) is 0 Å². The number of amides is 1. The van der Waals surface area contributed by atoms with Crippen molar-refractivity contribution in [2.24, 2.45) is 0 Å². The van der Waals surface area contributed by atoms with Crippen LogP contribution in [0.5, 0.6) is 0 Å². The summed E-state index contributed by atoms with van der Waals surface area (Å²) in [6, 6.07) is 8.85. The molecule has 3 aromatic rings. The number of pyridine rings is 1. The Morgan fingerprint density at radius 3 is 2.36 bits per heavy atom. The molecule has 0 unspecified atom stereocenters. The van der Waals surface area contributed by atoms with E-state index in [9.17, 15) is 27.2 Å². The maximum Gasteiger partial charge on any atom is 0.435 e. The summed E-state index contributed by atoms with van der Waals surface area (Å²) < 4.78 is 53.1. The number of hydrogen-bond acceptors (Lipinski definition) is 4. The van der Waals surface area contributed by atoms with Crippen molar-refractivity contribution in [3.05, 3.63) is 71.6 Å². The Labute approximate surface area is 155 Å². The largest absolute Gasteiger partial charge is 0.435 e. The van der Waals surface area contributed by atoms with E-state index in [0.717, 1.165) is 11.6 Å². The van der Waals surface area contributed by atoms with Gasteiger partial charge in [0.1, 0.15) is 5.69 Å². The van der Waals surface area contributed by atoms with Crippen LogP contribution in [0.1, 0.15) is 33.5 Å². The average molecular weight is 392 g/mol. The summed E-state index contributed by atoms with van der Waals surface area (Å²) in [5.74, 6) is -2.26. The molecule has 0 aliphatic carbocycles. The summed E-state index contributed by atoms with van der Waals surface area (Å²) in [5.41, 5.74) is -1.23. The minimum atomic E-state index is -4.70. The zero-order chi connectivity index (χ0) is 20.5. The van der Waals surface area contributed by atoms with Gasteiger partial charge in [-0.3, -0.25) is 9.59 Å². The molecule has 1 amide bonds. The predicted octanol–water partition coefficient (Wildman–Crippen LogP) is 3.88. The van der Waals surface area contributed by atoms with Gasteiger partial charge in [0.05, 0.1) is 11.3 Å². The number of aromatic nitrogens is 3. The van der Waals surface area contributed by atoms with Gasteiger partial charge in [0, 0.05) is 24.9 Å². The second-order valence-electron chi connectivity index (χ2n) is 5.72. The van der Waals surface area contributed by atoms with Crippen molar-refractivity contribution in [1.82, 2.24) is 14.8 Å². The number of carbonyl (C=O) groups is 2. The number of Topliss-reactive ketones (excluding diaryl/α,β-unsaturated/α-hetero) is 1. The molecule has 0 bridgehead atoms. The van der Waals surface area contributed by atoms with E-state index in [2.05, 4.69) is 15.4 Å². The number of nitrogens with one attached hydrogen (secondary N) is 1. The molecule has 6 nitrogen and oxygen atoms in total. The number of hydrogen-bond donors (Lipinski definition) is 1. The second kappa shape index (κ2) is 7.22. The van der Waals surface area contributed by atoms with E-state index in [4.69, 9.17) is 0 Å². The van der Waals surface area contributed by atoms with E-state index in [1.54, 1.807) is 0 Å². The summed E-state index contributed by atoms with van der Waals surface area (Å²) in [6.45, 7) is 1.13. The van der Waals surface area contributed by atoms with Crippen molar-refractivity contribution in [2.75, 3.05) is 5.32 Å². The zero-order valence-electron chi connectivity index (χ0n) is 14.3. The quantitative estimate of drug-likeness (QED) is 0.415. The van der Waals surface area contributed by atoms with E-state index in [-0.39, 0.29) is 22.6 Å². The smallest absolute Gasteiger partial charge is 0.322 e. The van der Waals surface area contributed by atoms with Gasteiger partial charge in [-0.25, -0.2) is 9.67 Å². The number of ketones is 1. The minimum Gasteiger partial charge on any atom is -0.322 e. The number of carbonyl (C=O) groups excluding carboxylic acids is 2. The Bertz CT molecular complexity index is 1040. The van der Waals surface area contributed by atoms with E-state index >= 15 is 0 Å². The maximum absolute atomic E-state index is 13.5. The van der Waals surface area contributed by atoms with E-state index < -0.39 is 29.5 Å². The van der Waals surface area contributed by atoms with Crippen LogP contribution in [0.25, 0.3) is 5.69 Å². The molecule has 0 aliphatic heterocycles. The molecule has 28 heavy (non-hydrogen) atoms. The van der Waals surface area contributed by atoms with Crippen LogP contribution in [0.4, 0.5) is 23.2 Å². The molecule has 0 aliphatic rings. The molecule has 0 atom stereocenters. The maximum atomic E-state index is 13.5. The second-order valence-corrected chi connectivity index (χ2v) is 5.72. The third-order valence-electron chi connectivity index (χ3n) is 3.73. The highest BCUT2D eigenvalue weighted by molar-refractivity contribution is 6.04. The summed E-state index contributed by atoms with van der Waals surface area (Å²) in [6.07, 6.45) is -3.50. The molecule has 0 saturated carbocycles. The molecule has 10 heteroatoms. The lowest BCUT2D eigenvalue weighted by Gasteiger charge is -2.08. The van der Waals surface area contributed by atoms with Crippen molar-refractivity contribution >= 4 is 17.4 Å². The molecule has 3 rings (SSSR count). The molecule has 0 saturated heterocycles. The third kappa shape index (κ3) is 3.90. The van der Waals surface area contributed by atoms with Crippen molar-refractivity contribution in [1.29, 1.82) is 0 Å². The van der Waals surface area contributed by atoms with Crippen LogP contribution in [0, 0.1) is 5.95 Å². The van der Waals surface area contributed by atoms with Crippen LogP contribution >= 0.6 is 0 Å². The summed E-state index contributed by atoms with van der Waals surface area (Å²) in [4.78, 5) is 27.1. The fourth-order valence-electron chi connectivity index (χ4n) is 2.41. The average Bonchev–Trinajstić information content (AvgIpc) is 3.09. The van der Waals surface area contributed by atoms with Gasteiger partial charge in [-0.15, -0.1) is 0 Å². The predicted molar refractivity (Wildman–Crippen MR) is 90.7 cm³/mol. The lowest BCUT2D eigenvalue weighted by molar-refractivity contribution is -0.141. The molecule has 144 valence electrons. The minimum absolute atomic E-state index is 0.186. The van der Waals surface area contributed by atoms with Crippen LogP contribution in [0.3, 0.4) is 0 Å². The van der Waals surface area contributed by atoms with Gasteiger partial charge in [-0.2, -0.15) is 22.7 Å². The van der Waals surface area contributed by atoms with Gasteiger partial charge >= 0.3 is 6.18 Å². The molecule has 0 spiro atoms. The molecular weight excluding hydrogens is 380 g/mol. The van der Waals surface area contributed by atoms with Crippen LogP contribution in [-0.4, -0.2) is 26.5 Å². The molecule has 2 aromatic heterocycles. The van der Waals surface area contributed by atoms with Crippen LogP contribution in [0.2, 0.25) is 0 Å². The first-order valence-corrected chi connectivity index (χ1v) is 7.87. The van der Waals surface area contributed by atoms with Gasteiger partial charge in [0.2, 0.25) is 5.95 Å². The van der Waals surface area contributed by atoms with Crippen molar-refractivity contribution in [3.63, 3.8) is 0 Å². The number of benzene rings is 1. The number of anilines is 1. The normalized spacial score (nSPS) is 11.3. The lowest BCUT2D eigenvalue weighted by Crippen LogP contribution is -2.14. The number of rotatable bonds is 4. The molecule has 2 heterocycles. The molecule has 1 N–H and O–H groups in total. The Kier molecular flexibility index (Phi) is 4.95.